The Morgan fingerprint density at radius 3 is 2.48 bits per heavy atom. The van der Waals surface area contributed by atoms with Crippen LogP contribution in [0.1, 0.15) is 53.6 Å². The number of para-hydroxylation sites is 1. The molecule has 0 spiro atoms. The van der Waals surface area contributed by atoms with E-state index in [1.54, 1.807) is 6.20 Å². The van der Waals surface area contributed by atoms with Gasteiger partial charge in [-0.1, -0.05) is 37.5 Å². The van der Waals surface area contributed by atoms with Crippen LogP contribution in [0.5, 0.6) is 0 Å². The van der Waals surface area contributed by atoms with Gasteiger partial charge in [-0.2, -0.15) is 0 Å². The fraction of sp³-hybridized carbons (Fsp3) is 0.333. The predicted octanol–water partition coefficient (Wildman–Crippen LogP) is 5.50. The fourth-order valence-electron chi connectivity index (χ4n) is 4.49. The number of hydrogen-bond acceptors (Lipinski definition) is 2. The van der Waals surface area contributed by atoms with Gasteiger partial charge in [0, 0.05) is 23.2 Å². The molecule has 3 nitrogen and oxygen atoms in total. The van der Waals surface area contributed by atoms with Crippen molar-refractivity contribution in [3.63, 3.8) is 0 Å². The zero-order valence-electron chi connectivity index (χ0n) is 16.5. The number of pyridine rings is 1. The van der Waals surface area contributed by atoms with E-state index in [4.69, 9.17) is 0 Å². The van der Waals surface area contributed by atoms with E-state index in [-0.39, 0.29) is 5.91 Å². The van der Waals surface area contributed by atoms with Gasteiger partial charge in [-0.3, -0.25) is 9.78 Å². The first-order valence-electron chi connectivity index (χ1n) is 10.1. The summed E-state index contributed by atoms with van der Waals surface area (Å²) in [5.74, 6) is -1.36. The van der Waals surface area contributed by atoms with Gasteiger partial charge < -0.3 is 5.32 Å². The van der Waals surface area contributed by atoms with Crippen LogP contribution in [0.2, 0.25) is 0 Å². The van der Waals surface area contributed by atoms with Crippen molar-refractivity contribution in [2.45, 2.75) is 51.0 Å². The van der Waals surface area contributed by atoms with E-state index in [0.29, 0.717) is 17.5 Å². The molecule has 3 aromatic rings. The quantitative estimate of drug-likeness (QED) is 0.635. The number of fused-ring (bicyclic) bond motifs is 1. The van der Waals surface area contributed by atoms with Crippen molar-refractivity contribution < 1.29 is 13.6 Å². The second-order valence-corrected chi connectivity index (χ2v) is 8.06. The summed E-state index contributed by atoms with van der Waals surface area (Å²) in [6, 6.07) is 11.3. The number of carbonyl (C=O) groups is 1. The van der Waals surface area contributed by atoms with E-state index >= 15 is 0 Å². The summed E-state index contributed by atoms with van der Waals surface area (Å²) in [6.07, 6.45) is 6.67. The lowest BCUT2D eigenvalue weighted by atomic mass is 9.77. The smallest absolute Gasteiger partial charge is 0.253 e. The number of rotatable bonds is 4. The molecular formula is C24H24F2N2O. The van der Waals surface area contributed by atoms with Crippen LogP contribution in [0.15, 0.2) is 48.7 Å². The highest BCUT2D eigenvalue weighted by atomic mass is 19.1. The highest BCUT2D eigenvalue weighted by Crippen LogP contribution is 2.32. The van der Waals surface area contributed by atoms with Crippen molar-refractivity contribution in [3.05, 3.63) is 77.0 Å². The Labute approximate surface area is 169 Å². The van der Waals surface area contributed by atoms with Gasteiger partial charge in [0.2, 0.25) is 0 Å². The number of aryl methyl sites for hydroxylation is 1. The first kappa shape index (κ1) is 19.5. The largest absolute Gasteiger partial charge is 0.346 e. The minimum atomic E-state index is -0.591. The average Bonchev–Trinajstić information content (AvgIpc) is 2.68. The Morgan fingerprint density at radius 1 is 1.07 bits per heavy atom. The highest BCUT2D eigenvalue weighted by molar-refractivity contribution is 6.00. The molecule has 0 unspecified atom stereocenters. The predicted molar refractivity (Wildman–Crippen MR) is 110 cm³/mol. The maximum Gasteiger partial charge on any atom is 0.253 e. The maximum atomic E-state index is 13.7. The van der Waals surface area contributed by atoms with Crippen LogP contribution in [0.3, 0.4) is 0 Å². The molecule has 0 atom stereocenters. The number of aromatic nitrogens is 1. The third-order valence-corrected chi connectivity index (χ3v) is 5.94. The molecule has 0 aliphatic heterocycles. The first-order valence-corrected chi connectivity index (χ1v) is 10.1. The van der Waals surface area contributed by atoms with Crippen LogP contribution >= 0.6 is 0 Å². The fourth-order valence-corrected chi connectivity index (χ4v) is 4.49. The summed E-state index contributed by atoms with van der Waals surface area (Å²) in [4.78, 5) is 17.6. The summed E-state index contributed by atoms with van der Waals surface area (Å²) in [6.45, 7) is 1.93. The highest BCUT2D eigenvalue weighted by Gasteiger charge is 2.34. The Morgan fingerprint density at radius 2 is 1.76 bits per heavy atom. The van der Waals surface area contributed by atoms with Gasteiger partial charge in [-0.25, -0.2) is 8.78 Å². The molecule has 150 valence electrons. The van der Waals surface area contributed by atoms with Gasteiger partial charge in [0.15, 0.2) is 0 Å². The third kappa shape index (κ3) is 4.14. The van der Waals surface area contributed by atoms with Crippen LogP contribution < -0.4 is 5.32 Å². The van der Waals surface area contributed by atoms with Gasteiger partial charge in [0.25, 0.3) is 5.91 Å². The van der Waals surface area contributed by atoms with Gasteiger partial charge in [0.1, 0.15) is 11.6 Å². The monoisotopic (exact) mass is 394 g/mol. The number of halogens is 2. The summed E-state index contributed by atoms with van der Waals surface area (Å²) in [5.41, 5.74) is 2.34. The number of hydrogen-bond donors (Lipinski definition) is 1. The number of nitrogens with zero attached hydrogens (tertiary/aromatic N) is 1. The van der Waals surface area contributed by atoms with Crippen molar-refractivity contribution in [3.8, 4) is 0 Å². The van der Waals surface area contributed by atoms with Gasteiger partial charge >= 0.3 is 0 Å². The lowest BCUT2D eigenvalue weighted by Gasteiger charge is -2.38. The molecule has 1 heterocycles. The van der Waals surface area contributed by atoms with Crippen LogP contribution in [0.4, 0.5) is 8.78 Å². The van der Waals surface area contributed by atoms with Crippen LogP contribution in [0, 0.1) is 18.6 Å². The minimum absolute atomic E-state index is 0.181. The third-order valence-electron chi connectivity index (χ3n) is 5.94. The molecule has 1 aliphatic rings. The Kier molecular flexibility index (Phi) is 5.31. The van der Waals surface area contributed by atoms with Crippen molar-refractivity contribution >= 4 is 16.8 Å². The Hall–Kier alpha value is -2.82. The summed E-state index contributed by atoms with van der Waals surface area (Å²) in [5, 5.41) is 4.17. The minimum Gasteiger partial charge on any atom is -0.346 e. The number of carbonyl (C=O) groups excluding carboxylic acids is 1. The van der Waals surface area contributed by atoms with Crippen LogP contribution in [-0.2, 0) is 6.42 Å². The van der Waals surface area contributed by atoms with Crippen LogP contribution in [-0.4, -0.2) is 16.4 Å². The van der Waals surface area contributed by atoms with Gasteiger partial charge in [-0.05, 0) is 55.5 Å². The molecule has 1 aromatic heterocycles. The topological polar surface area (TPSA) is 42.0 Å². The van der Waals surface area contributed by atoms with Gasteiger partial charge in [-0.15, -0.1) is 0 Å². The van der Waals surface area contributed by atoms with E-state index in [2.05, 4.69) is 10.3 Å². The molecule has 1 N–H and O–H groups in total. The zero-order valence-corrected chi connectivity index (χ0v) is 16.5. The number of benzene rings is 2. The van der Waals surface area contributed by atoms with E-state index in [0.717, 1.165) is 54.6 Å². The van der Waals surface area contributed by atoms with Crippen molar-refractivity contribution in [2.24, 2.45) is 0 Å². The molecule has 5 heteroatoms. The van der Waals surface area contributed by atoms with Gasteiger partial charge in [0.05, 0.1) is 11.1 Å². The van der Waals surface area contributed by atoms with E-state index < -0.39 is 17.2 Å². The number of amides is 1. The molecule has 0 radical (unpaired) electrons. The lowest BCUT2D eigenvalue weighted by molar-refractivity contribution is 0.0867. The molecule has 29 heavy (non-hydrogen) atoms. The normalized spacial score (nSPS) is 16.0. The molecule has 0 saturated heterocycles. The Balaban J connectivity index is 1.64. The molecule has 0 bridgehead atoms. The molecular weight excluding hydrogens is 370 g/mol. The first-order chi connectivity index (χ1) is 14.0. The summed E-state index contributed by atoms with van der Waals surface area (Å²) >= 11 is 0. The standard InChI is InChI=1S/C24H24F2N2O/c1-16-20-7-3-4-8-22(20)27-15-21(16)23(29)28-24(9-5-2-6-10-24)14-17-11-18(25)13-19(26)12-17/h3-4,7-8,11-13,15H,2,5-6,9-10,14H2,1H3,(H,28,29). The van der Waals surface area contributed by atoms with Crippen molar-refractivity contribution in [1.82, 2.24) is 10.3 Å². The molecule has 2 aromatic carbocycles. The van der Waals surface area contributed by atoms with Crippen molar-refractivity contribution in [2.75, 3.05) is 0 Å². The number of nitrogens with one attached hydrogen (secondary N) is 1. The van der Waals surface area contributed by atoms with E-state index in [9.17, 15) is 13.6 Å². The second kappa shape index (κ2) is 7.90. The average molecular weight is 394 g/mol. The van der Waals surface area contributed by atoms with Crippen LogP contribution in [0.25, 0.3) is 10.9 Å². The molecule has 1 amide bonds. The zero-order chi connectivity index (χ0) is 20.4. The second-order valence-electron chi connectivity index (χ2n) is 8.06. The van der Waals surface area contributed by atoms with E-state index in [1.165, 1.54) is 12.1 Å². The maximum absolute atomic E-state index is 13.7. The molecule has 1 saturated carbocycles. The summed E-state index contributed by atoms with van der Waals surface area (Å²) in [7, 11) is 0. The van der Waals surface area contributed by atoms with Crippen molar-refractivity contribution in [1.29, 1.82) is 0 Å². The molecule has 1 fully saturated rings. The SMILES string of the molecule is Cc1c(C(=O)NC2(Cc3cc(F)cc(F)c3)CCCCC2)cnc2ccccc12. The Bertz CT molecular complexity index is 1040. The summed E-state index contributed by atoms with van der Waals surface area (Å²) < 4.78 is 27.4. The van der Waals surface area contributed by atoms with E-state index in [1.807, 2.05) is 31.2 Å². The molecule has 4 rings (SSSR count). The molecule has 1 aliphatic carbocycles. The lowest BCUT2D eigenvalue weighted by Crippen LogP contribution is -2.51.